The number of rotatable bonds is 4. The van der Waals surface area contributed by atoms with Gasteiger partial charge in [0.1, 0.15) is 11.6 Å². The molecule has 1 aromatic rings. The van der Waals surface area contributed by atoms with Crippen LogP contribution in [0.1, 0.15) is 25.3 Å². The largest absolute Gasteiger partial charge is 0.389 e. The van der Waals surface area contributed by atoms with Gasteiger partial charge in [0.05, 0.1) is 12.2 Å². The Kier molecular flexibility index (Phi) is 3.97. The fraction of sp³-hybridized carbons (Fsp3) is 0.571. The topological polar surface area (TPSA) is 29.5 Å². The molecule has 1 aliphatic rings. The quantitative estimate of drug-likeness (QED) is 0.897. The van der Waals surface area contributed by atoms with E-state index in [0.29, 0.717) is 19.6 Å². The zero-order chi connectivity index (χ0) is 13.2. The van der Waals surface area contributed by atoms with Crippen LogP contribution in [-0.4, -0.2) is 23.9 Å². The Morgan fingerprint density at radius 3 is 2.56 bits per heavy atom. The molecule has 2 nitrogen and oxygen atoms in total. The molecule has 4 heteroatoms. The zero-order valence-corrected chi connectivity index (χ0v) is 10.5. The standard InChI is InChI=1S/C14H18F2O2/c1-2-14(17,10-6-7-18-9-10)8-11-12(15)4-3-5-13(11)16/h3-5,10,17H,2,6-9H2,1H3. The first-order valence-electron chi connectivity index (χ1n) is 6.30. The predicted octanol–water partition coefficient (Wildman–Crippen LogP) is 2.68. The molecule has 2 unspecified atom stereocenters. The van der Waals surface area contributed by atoms with Crippen molar-refractivity contribution in [3.63, 3.8) is 0 Å². The first-order valence-corrected chi connectivity index (χ1v) is 6.30. The van der Waals surface area contributed by atoms with Gasteiger partial charge in [-0.05, 0) is 25.0 Å². The van der Waals surface area contributed by atoms with Gasteiger partial charge in [0.2, 0.25) is 0 Å². The lowest BCUT2D eigenvalue weighted by molar-refractivity contribution is -0.0260. The third-order valence-electron chi connectivity index (χ3n) is 3.85. The van der Waals surface area contributed by atoms with Gasteiger partial charge >= 0.3 is 0 Å². The van der Waals surface area contributed by atoms with Gasteiger partial charge in [-0.2, -0.15) is 0 Å². The van der Waals surface area contributed by atoms with Crippen LogP contribution in [0.5, 0.6) is 0 Å². The predicted molar refractivity (Wildman–Crippen MR) is 64.2 cm³/mol. The van der Waals surface area contributed by atoms with Crippen molar-refractivity contribution in [2.75, 3.05) is 13.2 Å². The van der Waals surface area contributed by atoms with E-state index >= 15 is 0 Å². The van der Waals surface area contributed by atoms with Crippen LogP contribution in [0.4, 0.5) is 8.78 Å². The number of benzene rings is 1. The van der Waals surface area contributed by atoms with E-state index in [-0.39, 0.29) is 17.9 Å². The summed E-state index contributed by atoms with van der Waals surface area (Å²) in [5.74, 6) is -1.25. The molecule has 0 aliphatic carbocycles. The average Bonchev–Trinajstić information content (AvgIpc) is 2.88. The van der Waals surface area contributed by atoms with E-state index < -0.39 is 17.2 Å². The fourth-order valence-corrected chi connectivity index (χ4v) is 2.52. The molecule has 0 radical (unpaired) electrons. The van der Waals surface area contributed by atoms with Crippen molar-refractivity contribution in [1.82, 2.24) is 0 Å². The Morgan fingerprint density at radius 2 is 2.06 bits per heavy atom. The van der Waals surface area contributed by atoms with E-state index in [1.165, 1.54) is 18.2 Å². The van der Waals surface area contributed by atoms with Gasteiger partial charge in [0, 0.05) is 24.5 Å². The van der Waals surface area contributed by atoms with Gasteiger partial charge in [-0.3, -0.25) is 0 Å². The van der Waals surface area contributed by atoms with Crippen molar-refractivity contribution < 1.29 is 18.6 Å². The van der Waals surface area contributed by atoms with Gasteiger partial charge in [-0.15, -0.1) is 0 Å². The van der Waals surface area contributed by atoms with Crippen LogP contribution in [0.2, 0.25) is 0 Å². The molecule has 0 aromatic heterocycles. The Morgan fingerprint density at radius 1 is 1.39 bits per heavy atom. The average molecular weight is 256 g/mol. The van der Waals surface area contributed by atoms with Crippen molar-refractivity contribution in [2.45, 2.75) is 31.8 Å². The van der Waals surface area contributed by atoms with Crippen LogP contribution in [0, 0.1) is 17.6 Å². The van der Waals surface area contributed by atoms with E-state index in [2.05, 4.69) is 0 Å². The molecule has 0 bridgehead atoms. The molecular formula is C14H18F2O2. The molecule has 0 amide bonds. The Balaban J connectivity index is 2.24. The van der Waals surface area contributed by atoms with E-state index in [1.807, 2.05) is 6.92 Å². The summed E-state index contributed by atoms with van der Waals surface area (Å²) in [6, 6.07) is 3.77. The highest BCUT2D eigenvalue weighted by Crippen LogP contribution is 2.33. The maximum Gasteiger partial charge on any atom is 0.129 e. The lowest BCUT2D eigenvalue weighted by atomic mass is 9.79. The Labute approximate surface area is 106 Å². The summed E-state index contributed by atoms with van der Waals surface area (Å²) in [7, 11) is 0. The minimum atomic E-state index is -1.10. The monoisotopic (exact) mass is 256 g/mol. The molecule has 1 aliphatic heterocycles. The normalized spacial score (nSPS) is 23.0. The molecule has 1 heterocycles. The lowest BCUT2D eigenvalue weighted by Gasteiger charge is -2.32. The van der Waals surface area contributed by atoms with Gasteiger partial charge in [0.15, 0.2) is 0 Å². The number of hydrogen-bond acceptors (Lipinski definition) is 2. The van der Waals surface area contributed by atoms with Crippen molar-refractivity contribution in [3.8, 4) is 0 Å². The number of aliphatic hydroxyl groups is 1. The van der Waals surface area contributed by atoms with Crippen LogP contribution < -0.4 is 0 Å². The number of ether oxygens (including phenoxy) is 1. The molecule has 1 N–H and O–H groups in total. The molecule has 1 fully saturated rings. The molecule has 1 saturated heterocycles. The summed E-state index contributed by atoms with van der Waals surface area (Å²) >= 11 is 0. The van der Waals surface area contributed by atoms with E-state index in [9.17, 15) is 13.9 Å². The summed E-state index contributed by atoms with van der Waals surface area (Å²) in [5, 5.41) is 10.6. The zero-order valence-electron chi connectivity index (χ0n) is 10.5. The van der Waals surface area contributed by atoms with Gasteiger partial charge in [-0.25, -0.2) is 8.78 Å². The van der Waals surface area contributed by atoms with Crippen molar-refractivity contribution in [1.29, 1.82) is 0 Å². The fourth-order valence-electron chi connectivity index (χ4n) is 2.52. The van der Waals surface area contributed by atoms with Crippen molar-refractivity contribution in [2.24, 2.45) is 5.92 Å². The van der Waals surface area contributed by atoms with Crippen molar-refractivity contribution >= 4 is 0 Å². The molecule has 0 saturated carbocycles. The highest BCUT2D eigenvalue weighted by molar-refractivity contribution is 5.22. The lowest BCUT2D eigenvalue weighted by Crippen LogP contribution is -2.40. The first-order chi connectivity index (χ1) is 8.57. The maximum atomic E-state index is 13.6. The van der Waals surface area contributed by atoms with Crippen LogP contribution in [0.25, 0.3) is 0 Å². The second-order valence-electron chi connectivity index (χ2n) is 4.89. The van der Waals surface area contributed by atoms with Crippen LogP contribution in [0.3, 0.4) is 0 Å². The maximum absolute atomic E-state index is 13.6. The Bertz CT molecular complexity index is 396. The molecular weight excluding hydrogens is 238 g/mol. The first kappa shape index (κ1) is 13.4. The van der Waals surface area contributed by atoms with Gasteiger partial charge in [-0.1, -0.05) is 13.0 Å². The molecule has 0 spiro atoms. The van der Waals surface area contributed by atoms with E-state index in [1.54, 1.807) is 0 Å². The van der Waals surface area contributed by atoms with Crippen LogP contribution >= 0.6 is 0 Å². The van der Waals surface area contributed by atoms with Crippen LogP contribution in [0.15, 0.2) is 18.2 Å². The van der Waals surface area contributed by atoms with Crippen LogP contribution in [-0.2, 0) is 11.2 Å². The third kappa shape index (κ3) is 2.54. The number of hydrogen-bond donors (Lipinski definition) is 1. The highest BCUT2D eigenvalue weighted by atomic mass is 19.1. The molecule has 2 rings (SSSR count). The molecule has 1 aromatic carbocycles. The Hall–Kier alpha value is -1.00. The molecule has 100 valence electrons. The van der Waals surface area contributed by atoms with Crippen molar-refractivity contribution in [3.05, 3.63) is 35.4 Å². The summed E-state index contributed by atoms with van der Waals surface area (Å²) < 4.78 is 32.5. The third-order valence-corrected chi connectivity index (χ3v) is 3.85. The SMILES string of the molecule is CCC(O)(Cc1c(F)cccc1F)C1CCOC1. The summed E-state index contributed by atoms with van der Waals surface area (Å²) in [4.78, 5) is 0. The number of halogens is 2. The molecule has 18 heavy (non-hydrogen) atoms. The van der Waals surface area contributed by atoms with E-state index in [4.69, 9.17) is 4.74 Å². The summed E-state index contributed by atoms with van der Waals surface area (Å²) in [6.45, 7) is 2.89. The summed E-state index contributed by atoms with van der Waals surface area (Å²) in [5.41, 5.74) is -1.13. The second kappa shape index (κ2) is 5.33. The minimum Gasteiger partial charge on any atom is -0.389 e. The minimum absolute atomic E-state index is 0.00394. The van der Waals surface area contributed by atoms with E-state index in [0.717, 1.165) is 6.42 Å². The second-order valence-corrected chi connectivity index (χ2v) is 4.89. The highest BCUT2D eigenvalue weighted by Gasteiger charge is 2.38. The summed E-state index contributed by atoms with van der Waals surface area (Å²) in [6.07, 6.45) is 1.19. The van der Waals surface area contributed by atoms with Gasteiger partial charge < -0.3 is 9.84 Å². The van der Waals surface area contributed by atoms with Gasteiger partial charge in [0.25, 0.3) is 0 Å². The smallest absolute Gasteiger partial charge is 0.129 e. The molecule has 2 atom stereocenters.